The molecule has 0 amide bonds. The molecule has 1 fully saturated rings. The molecule has 0 atom stereocenters. The fourth-order valence-corrected chi connectivity index (χ4v) is 2.90. The maximum absolute atomic E-state index is 5.78. The van der Waals surface area contributed by atoms with E-state index in [-0.39, 0.29) is 0 Å². The molecule has 0 unspecified atom stereocenters. The molecule has 3 heteroatoms. The molecular weight excluding hydrogens is 246 g/mol. The van der Waals surface area contributed by atoms with Crippen LogP contribution in [-0.2, 0) is 12.0 Å². The Labute approximate surface area is 120 Å². The summed E-state index contributed by atoms with van der Waals surface area (Å²) in [4.78, 5) is 6.57. The van der Waals surface area contributed by atoms with E-state index in [0.717, 1.165) is 18.8 Å². The van der Waals surface area contributed by atoms with E-state index in [4.69, 9.17) is 5.73 Å². The third-order valence-electron chi connectivity index (χ3n) is 4.12. The molecule has 3 nitrogen and oxygen atoms in total. The van der Waals surface area contributed by atoms with Gasteiger partial charge in [-0.1, -0.05) is 18.2 Å². The molecule has 1 aromatic carbocycles. The van der Waals surface area contributed by atoms with Gasteiger partial charge >= 0.3 is 0 Å². The molecule has 20 heavy (non-hydrogen) atoms. The fourth-order valence-electron chi connectivity index (χ4n) is 2.90. The third-order valence-corrected chi connectivity index (χ3v) is 4.12. The molecule has 0 saturated heterocycles. The van der Waals surface area contributed by atoms with E-state index in [2.05, 4.69) is 35.1 Å². The number of anilines is 1. The van der Waals surface area contributed by atoms with Crippen molar-refractivity contribution in [3.05, 3.63) is 59.9 Å². The van der Waals surface area contributed by atoms with Crippen molar-refractivity contribution >= 4 is 5.69 Å². The second-order valence-corrected chi connectivity index (χ2v) is 5.94. The monoisotopic (exact) mass is 267 g/mol. The molecule has 1 saturated carbocycles. The Morgan fingerprint density at radius 2 is 1.95 bits per heavy atom. The summed E-state index contributed by atoms with van der Waals surface area (Å²) in [5.41, 5.74) is 9.64. The van der Waals surface area contributed by atoms with E-state index < -0.39 is 0 Å². The predicted molar refractivity (Wildman–Crippen MR) is 82.3 cm³/mol. The molecule has 0 bridgehead atoms. The van der Waals surface area contributed by atoms with Gasteiger partial charge in [0, 0.05) is 36.6 Å². The van der Waals surface area contributed by atoms with E-state index in [0.29, 0.717) is 5.41 Å². The van der Waals surface area contributed by atoms with Crippen molar-refractivity contribution in [2.24, 2.45) is 0 Å². The minimum atomic E-state index is 0.338. The van der Waals surface area contributed by atoms with Gasteiger partial charge in [0.2, 0.25) is 0 Å². The zero-order valence-corrected chi connectivity index (χ0v) is 11.9. The number of rotatable bonds is 5. The summed E-state index contributed by atoms with van der Waals surface area (Å²) < 4.78 is 0. The highest BCUT2D eigenvalue weighted by molar-refractivity contribution is 5.43. The van der Waals surface area contributed by atoms with Crippen molar-refractivity contribution in [3.63, 3.8) is 0 Å². The van der Waals surface area contributed by atoms with Gasteiger partial charge in [0.15, 0.2) is 0 Å². The highest BCUT2D eigenvalue weighted by atomic mass is 15.1. The number of likely N-dealkylation sites (N-methyl/N-ethyl adjacent to an activating group) is 1. The molecule has 1 aliphatic carbocycles. The van der Waals surface area contributed by atoms with Gasteiger partial charge in [0.25, 0.3) is 0 Å². The summed E-state index contributed by atoms with van der Waals surface area (Å²) in [6.07, 6.45) is 6.31. The first-order valence-corrected chi connectivity index (χ1v) is 7.11. The average molecular weight is 267 g/mol. The van der Waals surface area contributed by atoms with Crippen molar-refractivity contribution in [1.82, 2.24) is 9.88 Å². The maximum Gasteiger partial charge on any atom is 0.0314 e. The normalized spacial score (nSPS) is 16.3. The van der Waals surface area contributed by atoms with Crippen LogP contribution in [0.5, 0.6) is 0 Å². The predicted octanol–water partition coefficient (Wildman–Crippen LogP) is 2.83. The first-order valence-electron chi connectivity index (χ1n) is 7.11. The molecule has 1 aliphatic rings. The maximum atomic E-state index is 5.78. The van der Waals surface area contributed by atoms with Crippen molar-refractivity contribution < 1.29 is 0 Å². The van der Waals surface area contributed by atoms with Crippen LogP contribution in [0.2, 0.25) is 0 Å². The summed E-state index contributed by atoms with van der Waals surface area (Å²) in [5.74, 6) is 0. The number of hydrogen-bond donors (Lipinski definition) is 1. The van der Waals surface area contributed by atoms with Gasteiger partial charge in [-0.2, -0.15) is 0 Å². The minimum Gasteiger partial charge on any atom is -0.399 e. The van der Waals surface area contributed by atoms with Crippen molar-refractivity contribution in [2.45, 2.75) is 24.8 Å². The molecule has 2 aromatic rings. The van der Waals surface area contributed by atoms with E-state index in [9.17, 15) is 0 Å². The lowest BCUT2D eigenvalue weighted by Crippen LogP contribution is -2.29. The van der Waals surface area contributed by atoms with E-state index in [1.807, 2.05) is 30.6 Å². The zero-order chi connectivity index (χ0) is 14.0. The van der Waals surface area contributed by atoms with Gasteiger partial charge < -0.3 is 10.6 Å². The molecule has 0 aliphatic heterocycles. The summed E-state index contributed by atoms with van der Waals surface area (Å²) in [6, 6.07) is 12.5. The second-order valence-electron chi connectivity index (χ2n) is 5.94. The van der Waals surface area contributed by atoms with Crippen LogP contribution < -0.4 is 5.73 Å². The largest absolute Gasteiger partial charge is 0.399 e. The Morgan fingerprint density at radius 1 is 1.20 bits per heavy atom. The van der Waals surface area contributed by atoms with Gasteiger partial charge in [0.05, 0.1) is 0 Å². The Balaban J connectivity index is 1.66. The summed E-state index contributed by atoms with van der Waals surface area (Å²) in [5, 5.41) is 0. The molecule has 1 heterocycles. The van der Waals surface area contributed by atoms with Crippen LogP contribution in [0.3, 0.4) is 0 Å². The lowest BCUT2D eigenvalue weighted by Gasteiger charge is -2.24. The van der Waals surface area contributed by atoms with Gasteiger partial charge in [-0.3, -0.25) is 4.98 Å². The topological polar surface area (TPSA) is 42.2 Å². The summed E-state index contributed by atoms with van der Waals surface area (Å²) in [6.45, 7) is 2.04. The van der Waals surface area contributed by atoms with Crippen LogP contribution in [0.4, 0.5) is 5.69 Å². The second kappa shape index (κ2) is 5.25. The number of nitrogen functional groups attached to an aromatic ring is 1. The van der Waals surface area contributed by atoms with Crippen LogP contribution in [0.25, 0.3) is 0 Å². The average Bonchev–Trinajstić information content (AvgIpc) is 3.21. The lowest BCUT2D eigenvalue weighted by atomic mass is 9.95. The fraction of sp³-hybridized carbons (Fsp3) is 0.353. The van der Waals surface area contributed by atoms with Crippen molar-refractivity contribution in [2.75, 3.05) is 19.3 Å². The van der Waals surface area contributed by atoms with Crippen molar-refractivity contribution in [3.8, 4) is 0 Å². The summed E-state index contributed by atoms with van der Waals surface area (Å²) in [7, 11) is 2.18. The number of pyridine rings is 1. The number of nitrogens with zero attached hydrogens (tertiary/aromatic N) is 2. The smallest absolute Gasteiger partial charge is 0.0314 e. The number of hydrogen-bond acceptors (Lipinski definition) is 3. The third kappa shape index (κ3) is 2.83. The number of aromatic nitrogens is 1. The van der Waals surface area contributed by atoms with Crippen LogP contribution in [-0.4, -0.2) is 23.5 Å². The molecule has 3 rings (SSSR count). The lowest BCUT2D eigenvalue weighted by molar-refractivity contribution is 0.294. The highest BCUT2D eigenvalue weighted by Gasteiger charge is 2.44. The Kier molecular flexibility index (Phi) is 3.45. The Hall–Kier alpha value is -1.87. The van der Waals surface area contributed by atoms with Gasteiger partial charge in [0.1, 0.15) is 0 Å². The molecule has 104 valence electrons. The first kappa shape index (κ1) is 13.1. The first-order chi connectivity index (χ1) is 9.68. The molecule has 0 radical (unpaired) electrons. The molecule has 1 aromatic heterocycles. The Morgan fingerprint density at radius 3 is 2.55 bits per heavy atom. The van der Waals surface area contributed by atoms with Crippen LogP contribution in [0.1, 0.15) is 24.0 Å². The van der Waals surface area contributed by atoms with Gasteiger partial charge in [-0.15, -0.1) is 0 Å². The quantitative estimate of drug-likeness (QED) is 0.847. The zero-order valence-electron chi connectivity index (χ0n) is 11.9. The molecule has 2 N–H and O–H groups in total. The van der Waals surface area contributed by atoms with Gasteiger partial charge in [-0.25, -0.2) is 0 Å². The Bertz CT molecular complexity index is 559. The van der Waals surface area contributed by atoms with Gasteiger partial charge in [-0.05, 0) is 49.2 Å². The highest BCUT2D eigenvalue weighted by Crippen LogP contribution is 2.48. The van der Waals surface area contributed by atoms with Crippen LogP contribution in [0, 0.1) is 0 Å². The van der Waals surface area contributed by atoms with E-state index >= 15 is 0 Å². The minimum absolute atomic E-state index is 0.338. The van der Waals surface area contributed by atoms with E-state index in [1.165, 1.54) is 24.0 Å². The summed E-state index contributed by atoms with van der Waals surface area (Å²) >= 11 is 0. The van der Waals surface area contributed by atoms with Crippen LogP contribution in [0.15, 0.2) is 48.8 Å². The van der Waals surface area contributed by atoms with Crippen molar-refractivity contribution in [1.29, 1.82) is 0 Å². The van der Waals surface area contributed by atoms with E-state index in [1.54, 1.807) is 0 Å². The molecular formula is C17H21N3. The number of nitrogens with two attached hydrogens (primary N) is 1. The standard InChI is InChI=1S/C17H21N3/c1-20(12-14-3-2-10-19-11-14)13-17(8-9-17)15-4-6-16(18)7-5-15/h2-7,10-11H,8-9,12-13,18H2,1H3. The SMILES string of the molecule is CN(Cc1cccnc1)CC1(c2ccc(N)cc2)CC1. The molecule has 0 spiro atoms. The number of benzene rings is 1. The van der Waals surface area contributed by atoms with Crippen LogP contribution >= 0.6 is 0 Å².